The zero-order valence-electron chi connectivity index (χ0n) is 17.5. The minimum absolute atomic E-state index is 0.0696. The van der Waals surface area contributed by atoms with Gasteiger partial charge in [0.1, 0.15) is 23.5 Å². The molecule has 0 N–H and O–H groups in total. The molecule has 166 valence electrons. The maximum Gasteiger partial charge on any atom is 0.287 e. The number of hydrogen-bond acceptors (Lipinski definition) is 6. The van der Waals surface area contributed by atoms with Crippen LogP contribution in [0.25, 0.3) is 5.69 Å². The molecule has 1 aromatic carbocycles. The standard InChI is InChI=1S/C21H20F2N6O3/c1-13-20(14(2)28(25-13)18-5-3-15(22)11-17(18)23)21(30)27-9-7-26(8-10-27)19-6-4-16(12-24-19)29(31)32/h3-6,11-12H,7-10H2,1-2H3. The zero-order valence-corrected chi connectivity index (χ0v) is 17.5. The third-order valence-corrected chi connectivity index (χ3v) is 5.48. The average Bonchev–Trinajstić information content (AvgIpc) is 3.07. The van der Waals surface area contributed by atoms with Crippen molar-refractivity contribution in [1.29, 1.82) is 0 Å². The third kappa shape index (κ3) is 3.88. The Morgan fingerprint density at radius 1 is 1.09 bits per heavy atom. The van der Waals surface area contributed by atoms with E-state index in [1.165, 1.54) is 23.0 Å². The first-order valence-corrected chi connectivity index (χ1v) is 9.92. The third-order valence-electron chi connectivity index (χ3n) is 5.48. The predicted molar refractivity (Wildman–Crippen MR) is 112 cm³/mol. The highest BCUT2D eigenvalue weighted by Crippen LogP contribution is 2.23. The Labute approximate surface area is 182 Å². The van der Waals surface area contributed by atoms with Gasteiger partial charge in [-0.3, -0.25) is 14.9 Å². The lowest BCUT2D eigenvalue weighted by atomic mass is 10.1. The monoisotopic (exact) mass is 442 g/mol. The Morgan fingerprint density at radius 3 is 2.41 bits per heavy atom. The van der Waals surface area contributed by atoms with Gasteiger partial charge in [-0.05, 0) is 32.0 Å². The van der Waals surface area contributed by atoms with Crippen LogP contribution in [0.5, 0.6) is 0 Å². The lowest BCUT2D eigenvalue weighted by molar-refractivity contribution is -0.385. The molecule has 0 unspecified atom stereocenters. The van der Waals surface area contributed by atoms with Crippen molar-refractivity contribution in [3.8, 4) is 5.69 Å². The van der Waals surface area contributed by atoms with Crippen molar-refractivity contribution >= 4 is 17.4 Å². The number of nitro groups is 1. The summed E-state index contributed by atoms with van der Waals surface area (Å²) in [4.78, 5) is 31.2. The van der Waals surface area contributed by atoms with Crippen LogP contribution in [0.3, 0.4) is 0 Å². The second-order valence-corrected chi connectivity index (χ2v) is 7.46. The molecular formula is C21H20F2N6O3. The Balaban J connectivity index is 1.50. The molecule has 3 aromatic rings. The van der Waals surface area contributed by atoms with Gasteiger partial charge in [0.15, 0.2) is 5.82 Å². The number of aromatic nitrogens is 3. The maximum absolute atomic E-state index is 14.2. The highest BCUT2D eigenvalue weighted by molar-refractivity contribution is 5.96. The number of anilines is 1. The molecule has 11 heteroatoms. The van der Waals surface area contributed by atoms with Gasteiger partial charge in [0, 0.05) is 38.3 Å². The smallest absolute Gasteiger partial charge is 0.287 e. The van der Waals surface area contributed by atoms with E-state index in [0.717, 1.165) is 12.1 Å². The van der Waals surface area contributed by atoms with Gasteiger partial charge < -0.3 is 9.80 Å². The number of carbonyl (C=O) groups is 1. The predicted octanol–water partition coefficient (Wildman–Crippen LogP) is 3.03. The quantitative estimate of drug-likeness (QED) is 0.455. The van der Waals surface area contributed by atoms with Gasteiger partial charge in [-0.2, -0.15) is 5.10 Å². The van der Waals surface area contributed by atoms with E-state index in [-0.39, 0.29) is 17.3 Å². The van der Waals surface area contributed by atoms with Crippen LogP contribution in [0, 0.1) is 35.6 Å². The number of nitrogens with zero attached hydrogens (tertiary/aromatic N) is 6. The number of carbonyl (C=O) groups excluding carboxylic acids is 1. The molecule has 0 saturated carbocycles. The van der Waals surface area contributed by atoms with Crippen LogP contribution < -0.4 is 4.90 Å². The van der Waals surface area contributed by atoms with E-state index < -0.39 is 16.6 Å². The van der Waals surface area contributed by atoms with Crippen molar-refractivity contribution in [3.63, 3.8) is 0 Å². The van der Waals surface area contributed by atoms with Crippen LogP contribution >= 0.6 is 0 Å². The first-order valence-electron chi connectivity index (χ1n) is 9.92. The Bertz CT molecular complexity index is 1190. The van der Waals surface area contributed by atoms with Crippen molar-refractivity contribution in [2.24, 2.45) is 0 Å². The van der Waals surface area contributed by atoms with Crippen molar-refractivity contribution in [2.45, 2.75) is 13.8 Å². The average molecular weight is 442 g/mol. The minimum atomic E-state index is -0.765. The highest BCUT2D eigenvalue weighted by atomic mass is 19.1. The number of piperazine rings is 1. The van der Waals surface area contributed by atoms with Gasteiger partial charge in [0.2, 0.25) is 0 Å². The molecule has 9 nitrogen and oxygen atoms in total. The van der Waals surface area contributed by atoms with E-state index in [9.17, 15) is 23.7 Å². The van der Waals surface area contributed by atoms with E-state index in [1.807, 2.05) is 4.90 Å². The highest BCUT2D eigenvalue weighted by Gasteiger charge is 2.28. The number of amides is 1. The van der Waals surface area contributed by atoms with E-state index in [1.54, 1.807) is 24.8 Å². The van der Waals surface area contributed by atoms with Crippen LogP contribution in [-0.4, -0.2) is 56.7 Å². The second kappa shape index (κ2) is 8.33. The minimum Gasteiger partial charge on any atom is -0.353 e. The largest absolute Gasteiger partial charge is 0.353 e. The molecule has 0 atom stereocenters. The molecule has 0 radical (unpaired) electrons. The van der Waals surface area contributed by atoms with Crippen LogP contribution in [0.15, 0.2) is 36.5 Å². The molecule has 0 bridgehead atoms. The summed E-state index contributed by atoms with van der Waals surface area (Å²) in [5, 5.41) is 15.1. The van der Waals surface area contributed by atoms with E-state index in [2.05, 4.69) is 10.1 Å². The summed E-state index contributed by atoms with van der Waals surface area (Å²) < 4.78 is 28.8. The molecule has 3 heterocycles. The molecule has 0 spiro atoms. The van der Waals surface area contributed by atoms with Crippen molar-refractivity contribution in [3.05, 3.63) is 75.2 Å². The fraction of sp³-hybridized carbons (Fsp3) is 0.286. The molecule has 2 aromatic heterocycles. The summed E-state index contributed by atoms with van der Waals surface area (Å²) in [5.74, 6) is -1.07. The van der Waals surface area contributed by atoms with Gasteiger partial charge in [-0.25, -0.2) is 18.4 Å². The molecule has 1 aliphatic rings. The van der Waals surface area contributed by atoms with Crippen molar-refractivity contribution < 1.29 is 18.5 Å². The van der Waals surface area contributed by atoms with E-state index in [4.69, 9.17) is 0 Å². The number of hydrogen-bond donors (Lipinski definition) is 0. The Hall–Kier alpha value is -3.89. The Morgan fingerprint density at radius 2 is 1.81 bits per heavy atom. The molecule has 0 aliphatic carbocycles. The molecule has 4 rings (SSSR count). The van der Waals surface area contributed by atoms with Gasteiger partial charge in [0.05, 0.1) is 21.9 Å². The van der Waals surface area contributed by atoms with Crippen molar-refractivity contribution in [2.75, 3.05) is 31.1 Å². The molecule has 1 fully saturated rings. The number of halogens is 2. The Kier molecular flexibility index (Phi) is 5.56. The lowest BCUT2D eigenvalue weighted by Crippen LogP contribution is -2.49. The summed E-state index contributed by atoms with van der Waals surface area (Å²) in [6.07, 6.45) is 1.21. The summed E-state index contributed by atoms with van der Waals surface area (Å²) >= 11 is 0. The van der Waals surface area contributed by atoms with Gasteiger partial charge in [0.25, 0.3) is 11.6 Å². The molecule has 1 aliphatic heterocycles. The number of benzene rings is 1. The van der Waals surface area contributed by atoms with E-state index >= 15 is 0 Å². The molecule has 1 saturated heterocycles. The van der Waals surface area contributed by atoms with E-state index in [0.29, 0.717) is 48.9 Å². The van der Waals surface area contributed by atoms with Gasteiger partial charge in [-0.15, -0.1) is 0 Å². The zero-order chi connectivity index (χ0) is 23.0. The summed E-state index contributed by atoms with van der Waals surface area (Å²) in [6.45, 7) is 5.21. The fourth-order valence-electron chi connectivity index (χ4n) is 3.81. The molecule has 32 heavy (non-hydrogen) atoms. The summed E-state index contributed by atoms with van der Waals surface area (Å²) in [7, 11) is 0. The molecular weight excluding hydrogens is 422 g/mol. The first-order chi connectivity index (χ1) is 15.3. The summed E-state index contributed by atoms with van der Waals surface area (Å²) in [6, 6.07) is 6.19. The second-order valence-electron chi connectivity index (χ2n) is 7.46. The van der Waals surface area contributed by atoms with Crippen LogP contribution in [0.4, 0.5) is 20.3 Å². The fourth-order valence-corrected chi connectivity index (χ4v) is 3.81. The number of pyridine rings is 1. The summed E-state index contributed by atoms with van der Waals surface area (Å²) in [5.41, 5.74) is 1.30. The van der Waals surface area contributed by atoms with Crippen LogP contribution in [0.1, 0.15) is 21.7 Å². The first kappa shape index (κ1) is 21.3. The molecule has 1 amide bonds. The van der Waals surface area contributed by atoms with Crippen LogP contribution in [-0.2, 0) is 0 Å². The number of aryl methyl sites for hydroxylation is 1. The topological polar surface area (TPSA) is 97.4 Å². The van der Waals surface area contributed by atoms with Crippen LogP contribution in [0.2, 0.25) is 0 Å². The SMILES string of the molecule is Cc1nn(-c2ccc(F)cc2F)c(C)c1C(=O)N1CCN(c2ccc([N+](=O)[O-])cn2)CC1. The van der Waals surface area contributed by atoms with Gasteiger partial charge in [-0.1, -0.05) is 0 Å². The maximum atomic E-state index is 14.2. The van der Waals surface area contributed by atoms with Gasteiger partial charge >= 0.3 is 0 Å². The van der Waals surface area contributed by atoms with Crippen molar-refractivity contribution in [1.82, 2.24) is 19.7 Å². The number of rotatable bonds is 4. The lowest BCUT2D eigenvalue weighted by Gasteiger charge is -2.35. The normalized spacial score (nSPS) is 14.0.